The van der Waals surface area contributed by atoms with E-state index in [1.807, 2.05) is 18.0 Å². The van der Waals surface area contributed by atoms with E-state index in [0.29, 0.717) is 5.39 Å². The first-order valence-corrected chi connectivity index (χ1v) is 10.2. The molecule has 1 aromatic carbocycles. The fourth-order valence-electron chi connectivity index (χ4n) is 3.53. The number of carbonyl (C=O) groups excluding carboxylic acids is 1. The molecular formula is C18H22N4O3S. The van der Waals surface area contributed by atoms with Crippen molar-refractivity contribution in [3.8, 4) is 0 Å². The number of aromatic nitrogens is 1. The highest BCUT2D eigenvalue weighted by atomic mass is 32.2. The van der Waals surface area contributed by atoms with E-state index in [0.717, 1.165) is 31.6 Å². The Hall–Kier alpha value is -2.03. The van der Waals surface area contributed by atoms with Crippen LogP contribution in [0.15, 0.2) is 41.6 Å². The lowest BCUT2D eigenvalue weighted by atomic mass is 10.0. The van der Waals surface area contributed by atoms with Crippen LogP contribution in [-0.4, -0.2) is 79.7 Å². The monoisotopic (exact) mass is 374 g/mol. The van der Waals surface area contributed by atoms with Gasteiger partial charge in [0.1, 0.15) is 0 Å². The Morgan fingerprint density at radius 1 is 1.12 bits per heavy atom. The first-order chi connectivity index (χ1) is 12.5. The van der Waals surface area contributed by atoms with Crippen molar-refractivity contribution < 1.29 is 13.2 Å². The Labute approximate surface area is 153 Å². The van der Waals surface area contributed by atoms with Crippen molar-refractivity contribution in [3.05, 3.63) is 36.7 Å². The van der Waals surface area contributed by atoms with E-state index >= 15 is 0 Å². The second-order valence-electron chi connectivity index (χ2n) is 7.00. The van der Waals surface area contributed by atoms with Gasteiger partial charge in [0.15, 0.2) is 0 Å². The molecule has 0 saturated carbocycles. The van der Waals surface area contributed by atoms with Crippen LogP contribution in [0.1, 0.15) is 0 Å². The SMILES string of the molecule is CN1CCN(C(=O)C2CN(S(=O)(=O)c3cccc4cnccc34)C2)CC1. The number of nitrogens with zero attached hydrogens (tertiary/aromatic N) is 4. The van der Waals surface area contributed by atoms with E-state index in [4.69, 9.17) is 0 Å². The van der Waals surface area contributed by atoms with Gasteiger partial charge in [0, 0.05) is 62.4 Å². The maximum atomic E-state index is 13.0. The van der Waals surface area contributed by atoms with Crippen molar-refractivity contribution in [1.29, 1.82) is 0 Å². The van der Waals surface area contributed by atoms with Gasteiger partial charge < -0.3 is 9.80 Å². The summed E-state index contributed by atoms with van der Waals surface area (Å²) in [4.78, 5) is 21.0. The van der Waals surface area contributed by atoms with Gasteiger partial charge in [-0.2, -0.15) is 4.31 Å². The molecule has 0 atom stereocenters. The smallest absolute Gasteiger partial charge is 0.243 e. The summed E-state index contributed by atoms with van der Waals surface area (Å²) < 4.78 is 27.4. The zero-order chi connectivity index (χ0) is 18.3. The predicted molar refractivity (Wildman–Crippen MR) is 98.1 cm³/mol. The molecular weight excluding hydrogens is 352 g/mol. The lowest BCUT2D eigenvalue weighted by molar-refractivity contribution is -0.140. The van der Waals surface area contributed by atoms with Gasteiger partial charge >= 0.3 is 0 Å². The summed E-state index contributed by atoms with van der Waals surface area (Å²) in [7, 11) is -1.57. The number of likely N-dealkylation sites (N-methyl/N-ethyl adjacent to an activating group) is 1. The van der Waals surface area contributed by atoms with Gasteiger partial charge in [-0.05, 0) is 19.2 Å². The third-order valence-corrected chi connectivity index (χ3v) is 7.16. The number of benzene rings is 1. The molecule has 0 bridgehead atoms. The number of piperazine rings is 1. The molecule has 7 nitrogen and oxygen atoms in total. The molecule has 26 heavy (non-hydrogen) atoms. The summed E-state index contributed by atoms with van der Waals surface area (Å²) >= 11 is 0. The van der Waals surface area contributed by atoms with Gasteiger partial charge in [-0.25, -0.2) is 8.42 Å². The fraction of sp³-hybridized carbons (Fsp3) is 0.444. The summed E-state index contributed by atoms with van der Waals surface area (Å²) in [6, 6.07) is 6.91. The summed E-state index contributed by atoms with van der Waals surface area (Å²) in [6.07, 6.45) is 3.25. The van der Waals surface area contributed by atoms with E-state index in [1.165, 1.54) is 4.31 Å². The lowest BCUT2D eigenvalue weighted by Gasteiger charge is -2.41. The molecule has 1 aromatic heterocycles. The van der Waals surface area contributed by atoms with Crippen LogP contribution in [0.4, 0.5) is 0 Å². The van der Waals surface area contributed by atoms with Crippen LogP contribution >= 0.6 is 0 Å². The molecule has 2 aromatic rings. The first-order valence-electron chi connectivity index (χ1n) is 8.77. The van der Waals surface area contributed by atoms with Crippen LogP contribution in [0.25, 0.3) is 10.8 Å². The van der Waals surface area contributed by atoms with Gasteiger partial charge in [0.05, 0.1) is 10.8 Å². The summed E-state index contributed by atoms with van der Waals surface area (Å²) in [5.41, 5.74) is 0. The first kappa shape index (κ1) is 17.4. The number of rotatable bonds is 3. The zero-order valence-corrected chi connectivity index (χ0v) is 15.5. The van der Waals surface area contributed by atoms with Crippen LogP contribution in [0.2, 0.25) is 0 Å². The Morgan fingerprint density at radius 3 is 2.58 bits per heavy atom. The molecule has 0 spiro atoms. The number of pyridine rings is 1. The highest BCUT2D eigenvalue weighted by Crippen LogP contribution is 2.30. The predicted octanol–water partition coefficient (Wildman–Crippen LogP) is 0.629. The molecule has 2 aliphatic heterocycles. The van der Waals surface area contributed by atoms with Crippen LogP contribution in [0.5, 0.6) is 0 Å². The van der Waals surface area contributed by atoms with Crippen LogP contribution in [0.3, 0.4) is 0 Å². The summed E-state index contributed by atoms with van der Waals surface area (Å²) in [5.74, 6) is -0.156. The zero-order valence-electron chi connectivity index (χ0n) is 14.7. The maximum Gasteiger partial charge on any atom is 0.243 e. The normalized spacial score (nSPS) is 20.3. The van der Waals surface area contributed by atoms with Crippen molar-refractivity contribution >= 4 is 26.7 Å². The van der Waals surface area contributed by atoms with Crippen LogP contribution in [0, 0.1) is 5.92 Å². The molecule has 0 aliphatic carbocycles. The number of sulfonamides is 1. The quantitative estimate of drug-likeness (QED) is 0.788. The van der Waals surface area contributed by atoms with Crippen molar-refractivity contribution in [2.75, 3.05) is 46.3 Å². The molecule has 2 saturated heterocycles. The highest BCUT2D eigenvalue weighted by molar-refractivity contribution is 7.89. The molecule has 3 heterocycles. The second kappa shape index (κ2) is 6.61. The molecule has 0 unspecified atom stereocenters. The molecule has 0 N–H and O–H groups in total. The van der Waals surface area contributed by atoms with Crippen LogP contribution in [-0.2, 0) is 14.8 Å². The number of hydrogen-bond acceptors (Lipinski definition) is 5. The van der Waals surface area contributed by atoms with E-state index in [1.54, 1.807) is 30.6 Å². The number of amides is 1. The summed E-state index contributed by atoms with van der Waals surface area (Å²) in [5, 5.41) is 1.45. The van der Waals surface area contributed by atoms with Crippen molar-refractivity contribution in [2.24, 2.45) is 5.92 Å². The maximum absolute atomic E-state index is 13.0. The largest absolute Gasteiger partial charge is 0.340 e. The Bertz CT molecular complexity index is 927. The summed E-state index contributed by atoms with van der Waals surface area (Å²) in [6.45, 7) is 3.68. The third-order valence-electron chi connectivity index (χ3n) is 5.27. The second-order valence-corrected chi connectivity index (χ2v) is 8.91. The average molecular weight is 374 g/mol. The fourth-order valence-corrected chi connectivity index (χ4v) is 5.28. The molecule has 2 aliphatic rings. The van der Waals surface area contributed by atoms with E-state index < -0.39 is 10.0 Å². The number of hydrogen-bond donors (Lipinski definition) is 0. The third kappa shape index (κ3) is 2.98. The minimum absolute atomic E-state index is 0.0756. The number of carbonyl (C=O) groups is 1. The van der Waals surface area contributed by atoms with E-state index in [-0.39, 0.29) is 29.8 Å². The Kier molecular flexibility index (Phi) is 4.42. The van der Waals surface area contributed by atoms with Gasteiger partial charge in [-0.15, -0.1) is 0 Å². The molecule has 2 fully saturated rings. The van der Waals surface area contributed by atoms with Crippen molar-refractivity contribution in [1.82, 2.24) is 19.1 Å². The van der Waals surface area contributed by atoms with Crippen molar-refractivity contribution in [2.45, 2.75) is 4.90 Å². The highest BCUT2D eigenvalue weighted by Gasteiger charge is 2.42. The number of fused-ring (bicyclic) bond motifs is 1. The molecule has 4 rings (SSSR count). The average Bonchev–Trinajstić information content (AvgIpc) is 2.60. The molecule has 138 valence electrons. The van der Waals surface area contributed by atoms with Crippen molar-refractivity contribution in [3.63, 3.8) is 0 Å². The Morgan fingerprint density at radius 2 is 1.85 bits per heavy atom. The topological polar surface area (TPSA) is 73.8 Å². The van der Waals surface area contributed by atoms with Gasteiger partial charge in [-0.3, -0.25) is 9.78 Å². The van der Waals surface area contributed by atoms with Gasteiger partial charge in [0.2, 0.25) is 15.9 Å². The standard InChI is InChI=1S/C18H22N4O3S/c1-20-7-9-21(10-8-20)18(23)15-12-22(13-15)26(24,25)17-4-2-3-14-11-19-6-5-16(14)17/h2-6,11,15H,7-10,12-13H2,1H3. The lowest BCUT2D eigenvalue weighted by Crippen LogP contribution is -2.58. The molecule has 0 radical (unpaired) electrons. The minimum atomic E-state index is -3.61. The van der Waals surface area contributed by atoms with E-state index in [9.17, 15) is 13.2 Å². The molecule has 8 heteroatoms. The van der Waals surface area contributed by atoms with E-state index in [2.05, 4.69) is 9.88 Å². The van der Waals surface area contributed by atoms with Crippen LogP contribution < -0.4 is 0 Å². The minimum Gasteiger partial charge on any atom is -0.340 e. The Balaban J connectivity index is 1.48. The van der Waals surface area contributed by atoms with Gasteiger partial charge in [-0.1, -0.05) is 12.1 Å². The van der Waals surface area contributed by atoms with Gasteiger partial charge in [0.25, 0.3) is 0 Å². The molecule has 1 amide bonds.